The maximum Gasteiger partial charge on any atom is 0.270 e. The van der Waals surface area contributed by atoms with Crippen LogP contribution in [0.25, 0.3) is 11.3 Å². The molecule has 0 atom stereocenters. The van der Waals surface area contributed by atoms with Crippen molar-refractivity contribution >= 4 is 28.1 Å². The fraction of sp³-hybridized carbons (Fsp3) is 0.143. The lowest BCUT2D eigenvalue weighted by molar-refractivity contribution is -0.384. The lowest BCUT2D eigenvalue weighted by Gasteiger charge is -2.20. The van der Waals surface area contributed by atoms with Crippen molar-refractivity contribution in [3.8, 4) is 11.3 Å². The summed E-state index contributed by atoms with van der Waals surface area (Å²) in [6.07, 6.45) is 1.80. The first-order chi connectivity index (χ1) is 18.0. The van der Waals surface area contributed by atoms with E-state index in [0.29, 0.717) is 43.0 Å². The number of thiazole rings is 1. The third kappa shape index (κ3) is 6.66. The van der Waals surface area contributed by atoms with Crippen LogP contribution in [0.4, 0.5) is 10.8 Å². The number of hydrogen-bond acceptors (Lipinski definition) is 7. The molecule has 1 heterocycles. The molecule has 9 heteroatoms. The van der Waals surface area contributed by atoms with Crippen LogP contribution >= 0.6 is 11.3 Å². The van der Waals surface area contributed by atoms with Gasteiger partial charge in [0.2, 0.25) is 0 Å². The highest BCUT2D eigenvalue weighted by molar-refractivity contribution is 7.14. The van der Waals surface area contributed by atoms with Crippen molar-refractivity contribution in [3.63, 3.8) is 0 Å². The number of carbonyl (C=O) groups is 1. The van der Waals surface area contributed by atoms with Crippen LogP contribution in [-0.4, -0.2) is 22.4 Å². The Kier molecular flexibility index (Phi) is 8.40. The number of nitro benzene ring substituents is 1. The number of anilines is 1. The molecule has 1 amide bonds. The SMILES string of the molecule is C=CCN(Cc1ccc(C(=O)NCc2cccc(CN)c2)cc1)c1nc(-c2cccc([N+](=O)[O-])c2)cs1. The van der Waals surface area contributed by atoms with Crippen LogP contribution in [0, 0.1) is 10.1 Å². The Labute approximate surface area is 219 Å². The summed E-state index contributed by atoms with van der Waals surface area (Å²) in [5.74, 6) is -0.144. The van der Waals surface area contributed by atoms with Crippen LogP contribution in [0.2, 0.25) is 0 Å². The Bertz CT molecular complexity index is 1400. The molecule has 0 bridgehead atoms. The van der Waals surface area contributed by atoms with E-state index in [1.807, 2.05) is 60.0 Å². The molecule has 8 nitrogen and oxygen atoms in total. The fourth-order valence-electron chi connectivity index (χ4n) is 3.82. The molecular formula is C28H27N5O3S. The summed E-state index contributed by atoms with van der Waals surface area (Å²) in [5, 5.41) is 16.7. The van der Waals surface area contributed by atoms with Gasteiger partial charge in [-0.05, 0) is 28.8 Å². The van der Waals surface area contributed by atoms with Gasteiger partial charge in [-0.1, -0.05) is 54.6 Å². The molecule has 0 aliphatic carbocycles. The van der Waals surface area contributed by atoms with E-state index in [-0.39, 0.29) is 11.6 Å². The van der Waals surface area contributed by atoms with Gasteiger partial charge in [0.15, 0.2) is 5.13 Å². The van der Waals surface area contributed by atoms with Gasteiger partial charge in [0.05, 0.1) is 10.6 Å². The normalized spacial score (nSPS) is 10.6. The zero-order valence-corrected chi connectivity index (χ0v) is 21.0. The molecule has 1 aromatic heterocycles. The fourth-order valence-corrected chi connectivity index (χ4v) is 4.66. The Morgan fingerprint density at radius 2 is 1.84 bits per heavy atom. The van der Waals surface area contributed by atoms with Crippen molar-refractivity contribution < 1.29 is 9.72 Å². The second-order valence-corrected chi connectivity index (χ2v) is 9.23. The minimum atomic E-state index is -0.413. The molecule has 3 N–H and O–H groups in total. The number of nitrogens with one attached hydrogen (secondary N) is 1. The van der Waals surface area contributed by atoms with E-state index in [0.717, 1.165) is 21.8 Å². The second-order valence-electron chi connectivity index (χ2n) is 8.40. The Morgan fingerprint density at radius 1 is 1.08 bits per heavy atom. The van der Waals surface area contributed by atoms with Crippen molar-refractivity contribution in [2.45, 2.75) is 19.6 Å². The van der Waals surface area contributed by atoms with Gasteiger partial charge in [-0.3, -0.25) is 14.9 Å². The van der Waals surface area contributed by atoms with Gasteiger partial charge in [0.1, 0.15) is 0 Å². The molecule has 0 unspecified atom stereocenters. The molecule has 188 valence electrons. The number of nitro groups is 1. The van der Waals surface area contributed by atoms with E-state index in [1.165, 1.54) is 23.5 Å². The van der Waals surface area contributed by atoms with Crippen LogP contribution in [0.5, 0.6) is 0 Å². The zero-order valence-electron chi connectivity index (χ0n) is 20.2. The van der Waals surface area contributed by atoms with Crippen LogP contribution in [0.1, 0.15) is 27.0 Å². The van der Waals surface area contributed by atoms with E-state index in [4.69, 9.17) is 10.7 Å². The predicted molar refractivity (Wildman–Crippen MR) is 147 cm³/mol. The highest BCUT2D eigenvalue weighted by atomic mass is 32.1. The highest BCUT2D eigenvalue weighted by Crippen LogP contribution is 2.30. The van der Waals surface area contributed by atoms with Crippen LogP contribution in [-0.2, 0) is 19.6 Å². The first-order valence-corrected chi connectivity index (χ1v) is 12.6. The molecular weight excluding hydrogens is 486 g/mol. The summed E-state index contributed by atoms with van der Waals surface area (Å²) in [4.78, 5) is 30.1. The molecule has 0 spiro atoms. The molecule has 0 aliphatic rings. The number of amides is 1. The van der Waals surface area contributed by atoms with Crippen LogP contribution in [0.3, 0.4) is 0 Å². The summed E-state index contributed by atoms with van der Waals surface area (Å²) >= 11 is 1.47. The van der Waals surface area contributed by atoms with Crippen molar-refractivity contribution in [1.29, 1.82) is 0 Å². The molecule has 4 aromatic rings. The van der Waals surface area contributed by atoms with E-state index < -0.39 is 4.92 Å². The number of non-ortho nitro benzene ring substituents is 1. The van der Waals surface area contributed by atoms with E-state index >= 15 is 0 Å². The topological polar surface area (TPSA) is 114 Å². The quantitative estimate of drug-likeness (QED) is 0.160. The lowest BCUT2D eigenvalue weighted by atomic mass is 10.1. The average molecular weight is 514 g/mol. The van der Waals surface area contributed by atoms with Gasteiger partial charge in [-0.2, -0.15) is 0 Å². The van der Waals surface area contributed by atoms with Gasteiger partial charge < -0.3 is 16.0 Å². The van der Waals surface area contributed by atoms with Gasteiger partial charge in [-0.15, -0.1) is 17.9 Å². The average Bonchev–Trinajstić information content (AvgIpc) is 3.42. The Morgan fingerprint density at radius 3 is 2.57 bits per heavy atom. The molecule has 0 radical (unpaired) electrons. The minimum Gasteiger partial charge on any atom is -0.348 e. The summed E-state index contributed by atoms with van der Waals surface area (Å²) in [7, 11) is 0. The van der Waals surface area contributed by atoms with Gasteiger partial charge in [0, 0.05) is 54.8 Å². The second kappa shape index (κ2) is 12.1. The maximum absolute atomic E-state index is 12.6. The van der Waals surface area contributed by atoms with Gasteiger partial charge >= 0.3 is 0 Å². The minimum absolute atomic E-state index is 0.0307. The standard InChI is InChI=1S/C28H27N5O3S/c1-2-13-32(28-31-26(19-37-28)24-7-4-8-25(15-24)33(35)36)18-20-9-11-23(12-10-20)27(34)30-17-22-6-3-5-21(14-22)16-29/h2-12,14-15,19H,1,13,16-18,29H2,(H,30,34). The van der Waals surface area contributed by atoms with Crippen molar-refractivity contribution in [2.75, 3.05) is 11.4 Å². The molecule has 4 rings (SSSR count). The monoisotopic (exact) mass is 513 g/mol. The first kappa shape index (κ1) is 25.7. The van der Waals surface area contributed by atoms with E-state index in [2.05, 4.69) is 16.8 Å². The molecule has 0 aliphatic heterocycles. The molecule has 0 saturated heterocycles. The highest BCUT2D eigenvalue weighted by Gasteiger charge is 2.14. The number of hydrogen-bond donors (Lipinski definition) is 2. The van der Waals surface area contributed by atoms with Gasteiger partial charge in [-0.25, -0.2) is 4.98 Å². The molecule has 37 heavy (non-hydrogen) atoms. The molecule has 0 saturated carbocycles. The number of carbonyl (C=O) groups excluding carboxylic acids is 1. The summed E-state index contributed by atoms with van der Waals surface area (Å²) in [6, 6.07) is 21.8. The number of aromatic nitrogens is 1. The first-order valence-electron chi connectivity index (χ1n) is 11.7. The molecule has 3 aromatic carbocycles. The van der Waals surface area contributed by atoms with Crippen molar-refractivity contribution in [1.82, 2.24) is 10.3 Å². The number of benzene rings is 3. The Hall–Kier alpha value is -4.34. The smallest absolute Gasteiger partial charge is 0.270 e. The third-order valence-electron chi connectivity index (χ3n) is 5.73. The maximum atomic E-state index is 12.6. The number of nitrogens with two attached hydrogens (primary N) is 1. The Balaban J connectivity index is 1.41. The lowest BCUT2D eigenvalue weighted by Crippen LogP contribution is -2.24. The van der Waals surface area contributed by atoms with E-state index in [9.17, 15) is 14.9 Å². The third-order valence-corrected chi connectivity index (χ3v) is 6.64. The summed E-state index contributed by atoms with van der Waals surface area (Å²) in [6.45, 7) is 5.89. The summed E-state index contributed by atoms with van der Waals surface area (Å²) < 4.78 is 0. The van der Waals surface area contributed by atoms with Crippen molar-refractivity contribution in [2.24, 2.45) is 5.73 Å². The largest absolute Gasteiger partial charge is 0.348 e. The van der Waals surface area contributed by atoms with Crippen molar-refractivity contribution in [3.05, 3.63) is 123 Å². The van der Waals surface area contributed by atoms with Crippen LogP contribution < -0.4 is 16.0 Å². The van der Waals surface area contributed by atoms with Gasteiger partial charge in [0.25, 0.3) is 11.6 Å². The van der Waals surface area contributed by atoms with Crippen LogP contribution in [0.15, 0.2) is 90.8 Å². The molecule has 0 fully saturated rings. The van der Waals surface area contributed by atoms with E-state index in [1.54, 1.807) is 12.1 Å². The summed E-state index contributed by atoms with van der Waals surface area (Å²) in [5.41, 5.74) is 10.7. The zero-order chi connectivity index (χ0) is 26.2. The predicted octanol–water partition coefficient (Wildman–Crippen LogP) is 5.30. The number of nitrogens with zero attached hydrogens (tertiary/aromatic N) is 3. The number of rotatable bonds is 11.